The van der Waals surface area contributed by atoms with Crippen LogP contribution in [0.4, 0.5) is 0 Å². The normalized spacial score (nSPS) is 12.0. The minimum absolute atomic E-state index is 0.0186. The Bertz CT molecular complexity index is 457. The van der Waals surface area contributed by atoms with E-state index in [1.54, 1.807) is 4.90 Å². The number of carbonyl (C=O) groups is 2. The van der Waals surface area contributed by atoms with Gasteiger partial charge in [0.05, 0.1) is 12.5 Å². The molecule has 1 atom stereocenters. The lowest BCUT2D eigenvalue weighted by molar-refractivity contribution is -0.137. The van der Waals surface area contributed by atoms with E-state index in [0.29, 0.717) is 6.54 Å². The number of benzene rings is 1. The van der Waals surface area contributed by atoms with Crippen LogP contribution in [-0.4, -0.2) is 35.8 Å². The summed E-state index contributed by atoms with van der Waals surface area (Å²) < 4.78 is 0. The van der Waals surface area contributed by atoms with Crippen LogP contribution < -0.4 is 5.32 Å². The summed E-state index contributed by atoms with van der Waals surface area (Å²) in [5.41, 5.74) is 1.01. The topological polar surface area (TPSA) is 49.4 Å². The Hall–Kier alpha value is -1.84. The van der Waals surface area contributed by atoms with E-state index in [1.165, 1.54) is 0 Å². The monoisotopic (exact) mass is 290 g/mol. The van der Waals surface area contributed by atoms with Crippen LogP contribution in [0.25, 0.3) is 0 Å². The molecule has 0 aliphatic carbocycles. The number of amides is 2. The average Bonchev–Trinajstić information content (AvgIpc) is 2.45. The molecule has 0 heterocycles. The third-order valence-corrected chi connectivity index (χ3v) is 3.39. The SMILES string of the molecule is CCC(C(=O)N(CC)CC(=O)NC(C)C)c1ccccc1. The van der Waals surface area contributed by atoms with E-state index in [1.807, 2.05) is 58.0 Å². The summed E-state index contributed by atoms with van der Waals surface area (Å²) in [4.78, 5) is 26.2. The molecule has 1 N–H and O–H groups in total. The van der Waals surface area contributed by atoms with Crippen molar-refractivity contribution in [2.75, 3.05) is 13.1 Å². The van der Waals surface area contributed by atoms with Gasteiger partial charge in [-0.3, -0.25) is 9.59 Å². The lowest BCUT2D eigenvalue weighted by Gasteiger charge is -2.26. The molecule has 0 aliphatic rings. The number of hydrogen-bond acceptors (Lipinski definition) is 2. The highest BCUT2D eigenvalue weighted by Crippen LogP contribution is 2.21. The standard InChI is InChI=1S/C17H26N2O2/c1-5-15(14-10-8-7-9-11-14)17(21)19(6-2)12-16(20)18-13(3)4/h7-11,13,15H,5-6,12H2,1-4H3,(H,18,20). The van der Waals surface area contributed by atoms with Gasteiger partial charge in [-0.1, -0.05) is 37.3 Å². The fourth-order valence-electron chi connectivity index (χ4n) is 2.35. The molecular formula is C17H26N2O2. The Kier molecular flexibility index (Phi) is 6.92. The van der Waals surface area contributed by atoms with Gasteiger partial charge >= 0.3 is 0 Å². The van der Waals surface area contributed by atoms with Crippen LogP contribution in [0.15, 0.2) is 30.3 Å². The van der Waals surface area contributed by atoms with E-state index in [9.17, 15) is 9.59 Å². The molecule has 0 saturated carbocycles. The van der Waals surface area contributed by atoms with Crippen molar-refractivity contribution in [1.82, 2.24) is 10.2 Å². The minimum atomic E-state index is -0.182. The first kappa shape index (κ1) is 17.2. The first-order valence-corrected chi connectivity index (χ1v) is 7.62. The van der Waals surface area contributed by atoms with E-state index in [4.69, 9.17) is 0 Å². The van der Waals surface area contributed by atoms with Crippen LogP contribution in [0, 0.1) is 0 Å². The fraction of sp³-hybridized carbons (Fsp3) is 0.529. The van der Waals surface area contributed by atoms with Gasteiger partial charge in [-0.25, -0.2) is 0 Å². The molecule has 1 rings (SSSR count). The highest BCUT2D eigenvalue weighted by Gasteiger charge is 2.24. The van der Waals surface area contributed by atoms with Crippen molar-refractivity contribution in [2.45, 2.75) is 46.1 Å². The molecule has 21 heavy (non-hydrogen) atoms. The molecule has 1 unspecified atom stereocenters. The largest absolute Gasteiger partial charge is 0.352 e. The summed E-state index contributed by atoms with van der Waals surface area (Å²) >= 11 is 0. The lowest BCUT2D eigenvalue weighted by Crippen LogP contribution is -2.44. The Morgan fingerprint density at radius 3 is 2.24 bits per heavy atom. The van der Waals surface area contributed by atoms with Gasteiger partial charge in [0, 0.05) is 12.6 Å². The van der Waals surface area contributed by atoms with Gasteiger partial charge in [-0.2, -0.15) is 0 Å². The molecule has 0 aliphatic heterocycles. The number of rotatable bonds is 7. The molecule has 1 aromatic rings. The minimum Gasteiger partial charge on any atom is -0.352 e. The van der Waals surface area contributed by atoms with Crippen LogP contribution in [0.3, 0.4) is 0 Å². The third kappa shape index (κ3) is 5.21. The maximum Gasteiger partial charge on any atom is 0.239 e. The number of nitrogens with one attached hydrogen (secondary N) is 1. The molecule has 1 aromatic carbocycles. The van der Waals surface area contributed by atoms with Gasteiger partial charge in [-0.15, -0.1) is 0 Å². The quantitative estimate of drug-likeness (QED) is 0.839. The van der Waals surface area contributed by atoms with Crippen molar-refractivity contribution >= 4 is 11.8 Å². The fourth-order valence-corrected chi connectivity index (χ4v) is 2.35. The summed E-state index contributed by atoms with van der Waals surface area (Å²) in [5.74, 6) is -0.272. The smallest absolute Gasteiger partial charge is 0.239 e. The average molecular weight is 290 g/mol. The Balaban J connectivity index is 2.79. The first-order valence-electron chi connectivity index (χ1n) is 7.62. The summed E-state index contributed by atoms with van der Waals surface area (Å²) in [6.07, 6.45) is 0.727. The van der Waals surface area contributed by atoms with Crippen LogP contribution in [0.5, 0.6) is 0 Å². The molecule has 0 aromatic heterocycles. The Labute approximate surface area is 127 Å². The van der Waals surface area contributed by atoms with Crippen molar-refractivity contribution in [1.29, 1.82) is 0 Å². The molecule has 0 spiro atoms. The van der Waals surface area contributed by atoms with Crippen molar-refractivity contribution in [3.63, 3.8) is 0 Å². The second kappa shape index (κ2) is 8.45. The molecule has 116 valence electrons. The van der Waals surface area contributed by atoms with Crippen molar-refractivity contribution in [3.8, 4) is 0 Å². The van der Waals surface area contributed by atoms with E-state index in [0.717, 1.165) is 12.0 Å². The third-order valence-electron chi connectivity index (χ3n) is 3.39. The molecule has 4 heteroatoms. The van der Waals surface area contributed by atoms with Crippen molar-refractivity contribution < 1.29 is 9.59 Å². The number of hydrogen-bond donors (Lipinski definition) is 1. The van der Waals surface area contributed by atoms with Crippen LogP contribution >= 0.6 is 0 Å². The Morgan fingerprint density at radius 2 is 1.76 bits per heavy atom. The van der Waals surface area contributed by atoms with E-state index < -0.39 is 0 Å². The van der Waals surface area contributed by atoms with Crippen LogP contribution in [0.2, 0.25) is 0 Å². The van der Waals surface area contributed by atoms with Crippen molar-refractivity contribution in [2.24, 2.45) is 0 Å². The maximum atomic E-state index is 12.7. The van der Waals surface area contributed by atoms with Crippen LogP contribution in [0.1, 0.15) is 45.6 Å². The summed E-state index contributed by atoms with van der Waals surface area (Å²) in [5, 5.41) is 2.83. The van der Waals surface area contributed by atoms with Gasteiger partial charge in [0.2, 0.25) is 11.8 Å². The molecule has 0 bridgehead atoms. The zero-order valence-electron chi connectivity index (χ0n) is 13.4. The summed E-state index contributed by atoms with van der Waals surface area (Å²) in [7, 11) is 0. The molecule has 0 radical (unpaired) electrons. The predicted molar refractivity (Wildman–Crippen MR) is 85.0 cm³/mol. The van der Waals surface area contributed by atoms with Gasteiger partial charge < -0.3 is 10.2 Å². The van der Waals surface area contributed by atoms with E-state index >= 15 is 0 Å². The zero-order valence-corrected chi connectivity index (χ0v) is 13.4. The molecule has 4 nitrogen and oxygen atoms in total. The van der Waals surface area contributed by atoms with Gasteiger partial charge in [0.15, 0.2) is 0 Å². The molecule has 0 saturated heterocycles. The highest BCUT2D eigenvalue weighted by atomic mass is 16.2. The van der Waals surface area contributed by atoms with Gasteiger partial charge in [-0.05, 0) is 32.8 Å². The van der Waals surface area contributed by atoms with Crippen LogP contribution in [-0.2, 0) is 9.59 Å². The Morgan fingerprint density at radius 1 is 1.14 bits per heavy atom. The number of carbonyl (C=O) groups excluding carboxylic acids is 2. The summed E-state index contributed by atoms with van der Waals surface area (Å²) in [6.45, 7) is 8.38. The second-order valence-electron chi connectivity index (χ2n) is 5.45. The predicted octanol–water partition coefficient (Wildman–Crippen LogP) is 2.55. The van der Waals surface area contributed by atoms with Gasteiger partial charge in [0.25, 0.3) is 0 Å². The molecule has 0 fully saturated rings. The molecular weight excluding hydrogens is 264 g/mol. The zero-order chi connectivity index (χ0) is 15.8. The second-order valence-corrected chi connectivity index (χ2v) is 5.45. The van der Waals surface area contributed by atoms with E-state index in [-0.39, 0.29) is 30.3 Å². The van der Waals surface area contributed by atoms with Crippen molar-refractivity contribution in [3.05, 3.63) is 35.9 Å². The number of nitrogens with zero attached hydrogens (tertiary/aromatic N) is 1. The van der Waals surface area contributed by atoms with E-state index in [2.05, 4.69) is 5.32 Å². The number of likely N-dealkylation sites (N-methyl/N-ethyl adjacent to an activating group) is 1. The molecule has 2 amide bonds. The lowest BCUT2D eigenvalue weighted by atomic mass is 9.95. The maximum absolute atomic E-state index is 12.7. The summed E-state index contributed by atoms with van der Waals surface area (Å²) in [6, 6.07) is 9.83. The van der Waals surface area contributed by atoms with Gasteiger partial charge in [0.1, 0.15) is 0 Å². The first-order chi connectivity index (χ1) is 9.99. The highest BCUT2D eigenvalue weighted by molar-refractivity contribution is 5.88.